The molecule has 0 spiro atoms. The number of aromatic nitrogens is 1. The topological polar surface area (TPSA) is 110 Å². The molecular weight excluding hydrogens is 461 g/mol. The monoisotopic (exact) mass is 479 g/mol. The molecule has 0 saturated carbocycles. The molecule has 0 radical (unpaired) electrons. The third-order valence-electron chi connectivity index (χ3n) is 4.03. The van der Waals surface area contributed by atoms with E-state index in [-0.39, 0.29) is 10.7 Å². The SMILES string of the molecule is CN(O)C(=S)SCC=Cc1nc(-c2ccc(F)cc2)c(-c2ccc(S(N)(=O)=O)cc2)o1. The second-order valence-corrected chi connectivity index (χ2v) is 9.52. The van der Waals surface area contributed by atoms with Crippen LogP contribution in [0.4, 0.5) is 4.39 Å². The average Bonchev–Trinajstić information content (AvgIpc) is 3.15. The van der Waals surface area contributed by atoms with Gasteiger partial charge in [-0.05, 0) is 54.6 Å². The normalized spacial score (nSPS) is 11.7. The second-order valence-electron chi connectivity index (χ2n) is 6.31. The Morgan fingerprint density at radius 1 is 1.23 bits per heavy atom. The number of halogens is 1. The van der Waals surface area contributed by atoms with Crippen LogP contribution in [0.1, 0.15) is 5.89 Å². The number of thioether (sulfide) groups is 1. The number of oxazole rings is 1. The average molecular weight is 480 g/mol. The van der Waals surface area contributed by atoms with Crippen molar-refractivity contribution < 1.29 is 22.4 Å². The predicted molar refractivity (Wildman–Crippen MR) is 122 cm³/mol. The first kappa shape index (κ1) is 23.1. The van der Waals surface area contributed by atoms with Crippen molar-refractivity contribution in [3.05, 3.63) is 66.3 Å². The highest BCUT2D eigenvalue weighted by atomic mass is 32.2. The lowest BCUT2D eigenvalue weighted by Crippen LogP contribution is -2.17. The van der Waals surface area contributed by atoms with Crippen LogP contribution in [0.25, 0.3) is 28.7 Å². The van der Waals surface area contributed by atoms with Gasteiger partial charge in [0.2, 0.25) is 15.9 Å². The molecule has 1 aromatic heterocycles. The molecular formula is C20H18FN3O4S3. The Kier molecular flexibility index (Phi) is 7.23. The number of primary sulfonamides is 1. The number of benzene rings is 2. The number of nitrogens with two attached hydrogens (primary N) is 1. The van der Waals surface area contributed by atoms with E-state index < -0.39 is 10.0 Å². The Balaban J connectivity index is 1.95. The van der Waals surface area contributed by atoms with Gasteiger partial charge in [-0.25, -0.2) is 28.0 Å². The lowest BCUT2D eigenvalue weighted by Gasteiger charge is -2.08. The summed E-state index contributed by atoms with van der Waals surface area (Å²) in [6.45, 7) is 0. The summed E-state index contributed by atoms with van der Waals surface area (Å²) in [4.78, 5) is 4.46. The lowest BCUT2D eigenvalue weighted by atomic mass is 10.1. The molecule has 0 saturated heterocycles. The van der Waals surface area contributed by atoms with Crippen molar-refractivity contribution in [2.45, 2.75) is 4.90 Å². The van der Waals surface area contributed by atoms with Gasteiger partial charge in [-0.3, -0.25) is 5.21 Å². The molecule has 0 amide bonds. The molecule has 0 aliphatic rings. The van der Waals surface area contributed by atoms with E-state index in [2.05, 4.69) is 4.98 Å². The van der Waals surface area contributed by atoms with E-state index in [1.165, 1.54) is 43.1 Å². The number of hydrogen-bond acceptors (Lipinski definition) is 7. The van der Waals surface area contributed by atoms with E-state index in [9.17, 15) is 18.0 Å². The molecule has 3 aromatic rings. The highest BCUT2D eigenvalue weighted by Crippen LogP contribution is 2.33. The van der Waals surface area contributed by atoms with Gasteiger partial charge in [0.25, 0.3) is 0 Å². The highest BCUT2D eigenvalue weighted by molar-refractivity contribution is 8.22. The molecule has 0 bridgehead atoms. The molecule has 0 atom stereocenters. The molecule has 0 aliphatic carbocycles. The van der Waals surface area contributed by atoms with E-state index in [4.69, 9.17) is 21.8 Å². The molecule has 11 heteroatoms. The Bertz CT molecular complexity index is 1210. The summed E-state index contributed by atoms with van der Waals surface area (Å²) < 4.78 is 42.6. The molecule has 3 N–H and O–H groups in total. The number of nitrogens with zero attached hydrogens (tertiary/aromatic N) is 2. The molecule has 162 valence electrons. The lowest BCUT2D eigenvalue weighted by molar-refractivity contribution is 0.0205. The summed E-state index contributed by atoms with van der Waals surface area (Å²) in [5, 5.41) is 15.3. The van der Waals surface area contributed by atoms with Crippen LogP contribution in [0.3, 0.4) is 0 Å². The number of hydrogen-bond donors (Lipinski definition) is 2. The van der Waals surface area contributed by atoms with Crippen molar-refractivity contribution in [1.82, 2.24) is 10.0 Å². The first-order valence-corrected chi connectivity index (χ1v) is 11.7. The standard InChI is InChI=1S/C20H18FN3O4S3/c1-24(25)20(29)30-12-2-3-17-23-18(13-4-8-15(21)9-5-13)19(28-17)14-6-10-16(11-7-14)31(22,26)27/h2-11,25H,12H2,1H3,(H2,22,26,27). The summed E-state index contributed by atoms with van der Waals surface area (Å²) in [6, 6.07) is 11.7. The van der Waals surface area contributed by atoms with E-state index in [1.54, 1.807) is 36.4 Å². The van der Waals surface area contributed by atoms with E-state index >= 15 is 0 Å². The zero-order valence-electron chi connectivity index (χ0n) is 16.2. The molecule has 1 heterocycles. The number of rotatable bonds is 6. The van der Waals surface area contributed by atoms with Gasteiger partial charge >= 0.3 is 0 Å². The fourth-order valence-electron chi connectivity index (χ4n) is 2.56. The van der Waals surface area contributed by atoms with Gasteiger partial charge in [0, 0.05) is 23.9 Å². The summed E-state index contributed by atoms with van der Waals surface area (Å²) in [7, 11) is -2.38. The van der Waals surface area contributed by atoms with Gasteiger partial charge in [-0.2, -0.15) is 0 Å². The van der Waals surface area contributed by atoms with E-state index in [1.807, 2.05) is 0 Å². The summed E-state index contributed by atoms with van der Waals surface area (Å²) in [5.41, 5.74) is 1.69. The second kappa shape index (κ2) is 9.71. The Morgan fingerprint density at radius 3 is 2.42 bits per heavy atom. The minimum atomic E-state index is -3.82. The van der Waals surface area contributed by atoms with Crippen LogP contribution in [-0.2, 0) is 10.0 Å². The summed E-state index contributed by atoms with van der Waals surface area (Å²) in [5.74, 6) is 0.795. The maximum absolute atomic E-state index is 13.4. The first-order valence-electron chi connectivity index (χ1n) is 8.81. The first-order chi connectivity index (χ1) is 14.6. The number of sulfonamides is 1. The maximum Gasteiger partial charge on any atom is 0.238 e. The minimum Gasteiger partial charge on any atom is -0.436 e. The summed E-state index contributed by atoms with van der Waals surface area (Å²) >= 11 is 6.25. The van der Waals surface area contributed by atoms with Crippen LogP contribution in [0.5, 0.6) is 0 Å². The third kappa shape index (κ3) is 5.99. The van der Waals surface area contributed by atoms with Crippen molar-refractivity contribution in [1.29, 1.82) is 0 Å². The number of hydroxylamine groups is 2. The predicted octanol–water partition coefficient (Wildman–Crippen LogP) is 4.15. The van der Waals surface area contributed by atoms with Gasteiger partial charge in [-0.1, -0.05) is 30.1 Å². The summed E-state index contributed by atoms with van der Waals surface area (Å²) in [6.07, 6.45) is 3.43. The van der Waals surface area contributed by atoms with Crippen molar-refractivity contribution in [3.8, 4) is 22.6 Å². The quantitative estimate of drug-likeness (QED) is 0.401. The van der Waals surface area contributed by atoms with Gasteiger partial charge in [0.15, 0.2) is 10.1 Å². The minimum absolute atomic E-state index is 0.0268. The maximum atomic E-state index is 13.4. The fourth-order valence-corrected chi connectivity index (χ4v) is 3.81. The molecule has 0 unspecified atom stereocenters. The van der Waals surface area contributed by atoms with Gasteiger partial charge in [0.1, 0.15) is 11.5 Å². The van der Waals surface area contributed by atoms with Crippen LogP contribution < -0.4 is 5.14 Å². The van der Waals surface area contributed by atoms with E-state index in [0.29, 0.717) is 38.5 Å². The Hall–Kier alpha value is -2.57. The van der Waals surface area contributed by atoms with Gasteiger partial charge in [0.05, 0.1) is 4.90 Å². The number of thiocarbonyl (C=S) groups is 1. The molecule has 3 rings (SSSR count). The fraction of sp³-hybridized carbons (Fsp3) is 0.100. The van der Waals surface area contributed by atoms with Crippen LogP contribution in [0.2, 0.25) is 0 Å². The van der Waals surface area contributed by atoms with Crippen LogP contribution in [0, 0.1) is 5.82 Å². The Morgan fingerprint density at radius 2 is 1.84 bits per heavy atom. The smallest absolute Gasteiger partial charge is 0.238 e. The van der Waals surface area contributed by atoms with Crippen molar-refractivity contribution >= 4 is 44.4 Å². The van der Waals surface area contributed by atoms with Crippen molar-refractivity contribution in [3.63, 3.8) is 0 Å². The van der Waals surface area contributed by atoms with Gasteiger partial charge in [-0.15, -0.1) is 0 Å². The van der Waals surface area contributed by atoms with Crippen LogP contribution in [-0.4, -0.2) is 40.8 Å². The van der Waals surface area contributed by atoms with Crippen LogP contribution >= 0.6 is 24.0 Å². The zero-order chi connectivity index (χ0) is 22.6. The third-order valence-corrected chi connectivity index (χ3v) is 6.45. The molecule has 7 nitrogen and oxygen atoms in total. The largest absolute Gasteiger partial charge is 0.436 e. The van der Waals surface area contributed by atoms with Crippen LogP contribution in [0.15, 0.2) is 63.9 Å². The Labute approximate surface area is 188 Å². The molecule has 2 aromatic carbocycles. The molecule has 0 aliphatic heterocycles. The van der Waals surface area contributed by atoms with Gasteiger partial charge < -0.3 is 4.42 Å². The molecule has 31 heavy (non-hydrogen) atoms. The molecule has 0 fully saturated rings. The highest BCUT2D eigenvalue weighted by Gasteiger charge is 2.17. The van der Waals surface area contributed by atoms with Crippen molar-refractivity contribution in [2.75, 3.05) is 12.8 Å². The van der Waals surface area contributed by atoms with Crippen molar-refractivity contribution in [2.24, 2.45) is 5.14 Å². The zero-order valence-corrected chi connectivity index (χ0v) is 18.7. The van der Waals surface area contributed by atoms with E-state index in [0.717, 1.165) is 5.06 Å².